The quantitative estimate of drug-likeness (QED) is 0.638. The van der Waals surface area contributed by atoms with Crippen molar-refractivity contribution >= 4 is 11.3 Å². The van der Waals surface area contributed by atoms with E-state index in [1.54, 1.807) is 25.6 Å². The molecule has 0 amide bonds. The van der Waals surface area contributed by atoms with Crippen LogP contribution in [0.15, 0.2) is 23.6 Å². The molecular weight excluding hydrogens is 410 g/mol. The SMILES string of the molecule is COc1ccc(-c2nc(CN3CCC(CN4CC(C)OC(C)C4)CC3)cs2)c(OC)c1. The third-order valence-corrected chi connectivity index (χ3v) is 7.22. The van der Waals surface area contributed by atoms with E-state index >= 15 is 0 Å². The van der Waals surface area contributed by atoms with Crippen molar-refractivity contribution in [3.05, 3.63) is 29.3 Å². The summed E-state index contributed by atoms with van der Waals surface area (Å²) < 4.78 is 16.7. The molecule has 2 saturated heterocycles. The van der Waals surface area contributed by atoms with Crippen LogP contribution in [-0.2, 0) is 11.3 Å². The van der Waals surface area contributed by atoms with E-state index in [0.29, 0.717) is 12.2 Å². The average Bonchev–Trinajstić information content (AvgIpc) is 3.22. The Morgan fingerprint density at radius 2 is 1.81 bits per heavy atom. The van der Waals surface area contributed by atoms with Gasteiger partial charge in [0.05, 0.1) is 37.7 Å². The van der Waals surface area contributed by atoms with Gasteiger partial charge in [0.2, 0.25) is 0 Å². The smallest absolute Gasteiger partial charge is 0.132 e. The number of methoxy groups -OCH3 is 2. The summed E-state index contributed by atoms with van der Waals surface area (Å²) in [6, 6.07) is 5.90. The Hall–Kier alpha value is -1.67. The Labute approximate surface area is 190 Å². The molecule has 2 aliphatic rings. The van der Waals surface area contributed by atoms with Crippen LogP contribution in [0.3, 0.4) is 0 Å². The molecule has 4 rings (SSSR count). The van der Waals surface area contributed by atoms with E-state index in [1.165, 1.54) is 19.4 Å². The van der Waals surface area contributed by atoms with Gasteiger partial charge in [-0.2, -0.15) is 0 Å². The Morgan fingerprint density at radius 3 is 2.48 bits per heavy atom. The first-order chi connectivity index (χ1) is 15.0. The number of likely N-dealkylation sites (tertiary alicyclic amines) is 1. The minimum Gasteiger partial charge on any atom is -0.497 e. The monoisotopic (exact) mass is 445 g/mol. The molecule has 3 heterocycles. The van der Waals surface area contributed by atoms with Crippen LogP contribution in [0.2, 0.25) is 0 Å². The summed E-state index contributed by atoms with van der Waals surface area (Å²) >= 11 is 1.68. The van der Waals surface area contributed by atoms with Crippen LogP contribution in [0.5, 0.6) is 11.5 Å². The summed E-state index contributed by atoms with van der Waals surface area (Å²) in [7, 11) is 3.36. The summed E-state index contributed by atoms with van der Waals surface area (Å²) in [5.41, 5.74) is 2.17. The maximum Gasteiger partial charge on any atom is 0.132 e. The molecule has 31 heavy (non-hydrogen) atoms. The van der Waals surface area contributed by atoms with E-state index in [1.807, 2.05) is 18.2 Å². The van der Waals surface area contributed by atoms with E-state index in [2.05, 4.69) is 29.0 Å². The van der Waals surface area contributed by atoms with Crippen LogP contribution in [0.1, 0.15) is 32.4 Å². The highest BCUT2D eigenvalue weighted by Gasteiger charge is 2.27. The standard InChI is InChI=1S/C24H35N3O3S/c1-17-12-27(13-18(2)30-17)14-19-7-9-26(10-8-19)15-20-16-31-24(25-20)22-6-5-21(28-3)11-23(22)29-4/h5-6,11,16-19H,7-10,12-15H2,1-4H3. The lowest BCUT2D eigenvalue weighted by molar-refractivity contribution is -0.0732. The highest BCUT2D eigenvalue weighted by molar-refractivity contribution is 7.13. The molecule has 0 spiro atoms. The van der Waals surface area contributed by atoms with Crippen molar-refractivity contribution in [1.29, 1.82) is 0 Å². The molecule has 0 saturated carbocycles. The van der Waals surface area contributed by atoms with E-state index in [4.69, 9.17) is 19.2 Å². The largest absolute Gasteiger partial charge is 0.497 e. The Balaban J connectivity index is 1.29. The van der Waals surface area contributed by atoms with Crippen molar-refractivity contribution in [1.82, 2.24) is 14.8 Å². The second-order valence-electron chi connectivity index (χ2n) is 8.91. The number of piperidine rings is 1. The predicted molar refractivity (Wildman–Crippen MR) is 125 cm³/mol. The van der Waals surface area contributed by atoms with Crippen molar-refractivity contribution in [2.45, 2.75) is 45.4 Å². The maximum atomic E-state index is 5.88. The molecule has 0 aliphatic carbocycles. The van der Waals surface area contributed by atoms with Gasteiger partial charge in [-0.1, -0.05) is 0 Å². The fourth-order valence-corrected chi connectivity index (χ4v) is 5.67. The summed E-state index contributed by atoms with van der Waals surface area (Å²) in [5.74, 6) is 2.39. The van der Waals surface area contributed by atoms with Gasteiger partial charge in [0.25, 0.3) is 0 Å². The average molecular weight is 446 g/mol. The van der Waals surface area contributed by atoms with Crippen molar-refractivity contribution in [3.8, 4) is 22.1 Å². The zero-order valence-electron chi connectivity index (χ0n) is 19.2. The van der Waals surface area contributed by atoms with Crippen LogP contribution >= 0.6 is 11.3 Å². The zero-order valence-corrected chi connectivity index (χ0v) is 20.0. The van der Waals surface area contributed by atoms with Gasteiger partial charge in [0.1, 0.15) is 16.5 Å². The van der Waals surface area contributed by atoms with E-state index in [9.17, 15) is 0 Å². The Bertz CT molecular complexity index is 840. The highest BCUT2D eigenvalue weighted by atomic mass is 32.1. The molecule has 2 aliphatic heterocycles. The molecule has 2 aromatic rings. The molecule has 1 aromatic carbocycles. The fraction of sp³-hybridized carbons (Fsp3) is 0.625. The molecular formula is C24H35N3O3S. The van der Waals surface area contributed by atoms with Gasteiger partial charge in [-0.15, -0.1) is 11.3 Å². The van der Waals surface area contributed by atoms with Gasteiger partial charge in [-0.25, -0.2) is 4.98 Å². The molecule has 2 atom stereocenters. The van der Waals surface area contributed by atoms with Crippen LogP contribution in [0, 0.1) is 5.92 Å². The van der Waals surface area contributed by atoms with Crippen molar-refractivity contribution < 1.29 is 14.2 Å². The summed E-state index contributed by atoms with van der Waals surface area (Å²) in [5, 5.41) is 3.18. The highest BCUT2D eigenvalue weighted by Crippen LogP contribution is 2.35. The van der Waals surface area contributed by atoms with Gasteiger partial charge in [-0.3, -0.25) is 9.80 Å². The summed E-state index contributed by atoms with van der Waals surface area (Å²) in [6.07, 6.45) is 3.24. The Kier molecular flexibility index (Phi) is 7.48. The second kappa shape index (κ2) is 10.3. The van der Waals surface area contributed by atoms with Crippen molar-refractivity contribution in [3.63, 3.8) is 0 Å². The lowest BCUT2D eigenvalue weighted by atomic mass is 9.95. The topological polar surface area (TPSA) is 47.1 Å². The Morgan fingerprint density at radius 1 is 1.06 bits per heavy atom. The molecule has 0 radical (unpaired) electrons. The maximum absolute atomic E-state index is 5.88. The summed E-state index contributed by atoms with van der Waals surface area (Å²) in [6.45, 7) is 11.0. The number of benzene rings is 1. The van der Waals surface area contributed by atoms with Gasteiger partial charge >= 0.3 is 0 Å². The van der Waals surface area contributed by atoms with Gasteiger partial charge < -0.3 is 14.2 Å². The van der Waals surface area contributed by atoms with Crippen LogP contribution in [0.4, 0.5) is 0 Å². The third-order valence-electron chi connectivity index (χ3n) is 6.30. The molecule has 2 unspecified atom stereocenters. The predicted octanol–water partition coefficient (Wildman–Crippen LogP) is 4.15. The number of morpholine rings is 1. The van der Waals surface area contributed by atoms with Crippen LogP contribution < -0.4 is 9.47 Å². The minimum absolute atomic E-state index is 0.354. The molecule has 170 valence electrons. The van der Waals surface area contributed by atoms with Crippen molar-refractivity contribution in [2.24, 2.45) is 5.92 Å². The van der Waals surface area contributed by atoms with E-state index in [-0.39, 0.29) is 0 Å². The molecule has 7 heteroatoms. The lowest BCUT2D eigenvalue weighted by Crippen LogP contribution is -2.48. The van der Waals surface area contributed by atoms with E-state index in [0.717, 1.165) is 66.4 Å². The first-order valence-electron chi connectivity index (χ1n) is 11.3. The third kappa shape index (κ3) is 5.77. The molecule has 0 N–H and O–H groups in total. The normalized spacial score (nSPS) is 23.7. The number of aromatic nitrogens is 1. The number of ether oxygens (including phenoxy) is 3. The van der Waals surface area contributed by atoms with Gasteiger partial charge in [0, 0.05) is 37.6 Å². The fourth-order valence-electron chi connectivity index (χ4n) is 4.83. The zero-order chi connectivity index (χ0) is 21.8. The first-order valence-corrected chi connectivity index (χ1v) is 12.2. The van der Waals surface area contributed by atoms with E-state index < -0.39 is 0 Å². The van der Waals surface area contributed by atoms with Gasteiger partial charge in [0.15, 0.2) is 0 Å². The number of hydrogen-bond acceptors (Lipinski definition) is 7. The first kappa shape index (κ1) is 22.5. The lowest BCUT2D eigenvalue weighted by Gasteiger charge is -2.39. The second-order valence-corrected chi connectivity index (χ2v) is 9.76. The minimum atomic E-state index is 0.354. The van der Waals surface area contributed by atoms with Crippen molar-refractivity contribution in [2.75, 3.05) is 46.9 Å². The number of hydrogen-bond donors (Lipinski definition) is 0. The summed E-state index contributed by atoms with van der Waals surface area (Å²) in [4.78, 5) is 10.1. The number of rotatable bonds is 7. The number of thiazole rings is 1. The molecule has 6 nitrogen and oxygen atoms in total. The molecule has 1 aromatic heterocycles. The number of nitrogens with zero attached hydrogens (tertiary/aromatic N) is 3. The van der Waals surface area contributed by atoms with Crippen LogP contribution in [0.25, 0.3) is 10.6 Å². The molecule has 0 bridgehead atoms. The van der Waals surface area contributed by atoms with Crippen LogP contribution in [-0.4, -0.2) is 73.9 Å². The van der Waals surface area contributed by atoms with Gasteiger partial charge in [-0.05, 0) is 57.8 Å². The molecule has 2 fully saturated rings.